The van der Waals surface area contributed by atoms with Gasteiger partial charge in [0.1, 0.15) is 11.4 Å². The van der Waals surface area contributed by atoms with Crippen molar-refractivity contribution in [3.63, 3.8) is 0 Å². The highest BCUT2D eigenvalue weighted by Gasteiger charge is 2.38. The van der Waals surface area contributed by atoms with Gasteiger partial charge in [-0.15, -0.1) is 0 Å². The lowest BCUT2D eigenvalue weighted by atomic mass is 9.93. The summed E-state index contributed by atoms with van der Waals surface area (Å²) in [7, 11) is 0. The molecule has 0 spiro atoms. The minimum atomic E-state index is -0.677. The maximum absolute atomic E-state index is 13.7. The summed E-state index contributed by atoms with van der Waals surface area (Å²) < 4.78 is 5.76. The molecule has 1 aromatic heterocycles. The van der Waals surface area contributed by atoms with E-state index in [0.717, 1.165) is 35.4 Å². The van der Waals surface area contributed by atoms with Crippen LogP contribution in [0, 0.1) is 5.92 Å². The Hall–Kier alpha value is -3.88. The molecule has 5 rings (SSSR count). The summed E-state index contributed by atoms with van der Waals surface area (Å²) in [6.45, 7) is 9.54. The minimum Gasteiger partial charge on any atom is -0.443 e. The number of benzene rings is 1. The zero-order chi connectivity index (χ0) is 25.6. The summed E-state index contributed by atoms with van der Waals surface area (Å²) in [6, 6.07) is 5.34. The third-order valence-electron chi connectivity index (χ3n) is 6.18. The number of fused-ring (bicyclic) bond motifs is 1. The molecule has 0 unspecified atom stereocenters. The van der Waals surface area contributed by atoms with Gasteiger partial charge in [-0.25, -0.2) is 14.8 Å². The Morgan fingerprint density at radius 2 is 1.83 bits per heavy atom. The standard InChI is InChI=1S/C27H29N5O4/c1-15-11-19(16(2)36-31-15)18-12-20(24(33)25-28-9-6-10-29-25)23-22(13-18)32(26(34)35-27(3,4)5)14-21(30-23)17-7-8-17/h6,9-10,12-13,17H,7-8,11,14H2,1-5H3. The van der Waals surface area contributed by atoms with E-state index in [2.05, 4.69) is 15.1 Å². The number of aliphatic imine (C=N–C) groups is 1. The Balaban J connectivity index is 1.71. The number of carbonyl (C=O) groups is 2. The lowest BCUT2D eigenvalue weighted by molar-refractivity contribution is 0.0585. The number of ketones is 1. The first-order valence-corrected chi connectivity index (χ1v) is 12.1. The maximum Gasteiger partial charge on any atom is 0.415 e. The Kier molecular flexibility index (Phi) is 5.94. The van der Waals surface area contributed by atoms with Crippen LogP contribution in [0.1, 0.15) is 75.6 Å². The molecular formula is C27H29N5O4. The van der Waals surface area contributed by atoms with Crippen molar-refractivity contribution in [1.29, 1.82) is 0 Å². The molecule has 9 heteroatoms. The molecule has 0 atom stereocenters. The van der Waals surface area contributed by atoms with Crippen molar-refractivity contribution in [1.82, 2.24) is 9.97 Å². The Labute approximate surface area is 209 Å². The average Bonchev–Trinajstić information content (AvgIpc) is 3.69. The molecule has 36 heavy (non-hydrogen) atoms. The summed E-state index contributed by atoms with van der Waals surface area (Å²) >= 11 is 0. The Bertz CT molecular complexity index is 1330. The first kappa shape index (κ1) is 23.8. The van der Waals surface area contributed by atoms with Crippen LogP contribution in [0.25, 0.3) is 5.57 Å². The van der Waals surface area contributed by atoms with Crippen LogP contribution in [0.2, 0.25) is 0 Å². The van der Waals surface area contributed by atoms with Crippen molar-refractivity contribution in [3.05, 3.63) is 53.3 Å². The Morgan fingerprint density at radius 1 is 1.11 bits per heavy atom. The van der Waals surface area contributed by atoms with Gasteiger partial charge in [-0.1, -0.05) is 5.16 Å². The van der Waals surface area contributed by atoms with E-state index in [1.807, 2.05) is 40.7 Å². The predicted octanol–water partition coefficient (Wildman–Crippen LogP) is 5.47. The van der Waals surface area contributed by atoms with Gasteiger partial charge in [0.15, 0.2) is 0 Å². The molecule has 3 heterocycles. The van der Waals surface area contributed by atoms with E-state index in [0.29, 0.717) is 41.6 Å². The second-order valence-corrected chi connectivity index (χ2v) is 10.4. The van der Waals surface area contributed by atoms with Gasteiger partial charge in [0, 0.05) is 30.1 Å². The molecule has 186 valence electrons. The average molecular weight is 488 g/mol. The second-order valence-electron chi connectivity index (χ2n) is 10.4. The molecule has 0 N–H and O–H groups in total. The molecule has 0 radical (unpaired) electrons. The van der Waals surface area contributed by atoms with E-state index >= 15 is 0 Å². The topological polar surface area (TPSA) is 106 Å². The first-order valence-electron chi connectivity index (χ1n) is 12.1. The van der Waals surface area contributed by atoms with Crippen molar-refractivity contribution in [2.24, 2.45) is 16.1 Å². The summed E-state index contributed by atoms with van der Waals surface area (Å²) in [5, 5.41) is 4.06. The van der Waals surface area contributed by atoms with Crippen LogP contribution in [0.15, 0.2) is 46.5 Å². The van der Waals surface area contributed by atoms with Crippen LogP contribution in [-0.2, 0) is 9.57 Å². The van der Waals surface area contributed by atoms with Gasteiger partial charge in [-0.3, -0.25) is 14.7 Å². The number of nitrogens with zero attached hydrogens (tertiary/aromatic N) is 5. The molecule has 3 aliphatic rings. The van der Waals surface area contributed by atoms with Crippen molar-refractivity contribution in [3.8, 4) is 0 Å². The zero-order valence-electron chi connectivity index (χ0n) is 21.2. The van der Waals surface area contributed by atoms with Crippen molar-refractivity contribution >= 4 is 40.2 Å². The number of allylic oxidation sites excluding steroid dienone is 2. The quantitative estimate of drug-likeness (QED) is 0.529. The fraction of sp³-hybridized carbons (Fsp3) is 0.407. The largest absolute Gasteiger partial charge is 0.443 e. The molecule has 0 saturated heterocycles. The third-order valence-corrected chi connectivity index (χ3v) is 6.18. The van der Waals surface area contributed by atoms with Gasteiger partial charge in [0.25, 0.3) is 0 Å². The fourth-order valence-corrected chi connectivity index (χ4v) is 4.29. The molecular weight excluding hydrogens is 458 g/mol. The molecule has 1 fully saturated rings. The lowest BCUT2D eigenvalue weighted by Crippen LogP contribution is -2.42. The third kappa shape index (κ3) is 4.78. The molecule has 9 nitrogen and oxygen atoms in total. The monoisotopic (exact) mass is 487 g/mol. The smallest absolute Gasteiger partial charge is 0.415 e. The number of rotatable bonds is 4. The Morgan fingerprint density at radius 3 is 2.50 bits per heavy atom. The summed E-state index contributed by atoms with van der Waals surface area (Å²) in [5.41, 5.74) is 3.94. The summed E-state index contributed by atoms with van der Waals surface area (Å²) in [6.07, 6.45) is 5.17. The van der Waals surface area contributed by atoms with E-state index in [4.69, 9.17) is 14.6 Å². The number of amides is 1. The molecule has 2 aromatic rings. The van der Waals surface area contributed by atoms with Gasteiger partial charge >= 0.3 is 6.09 Å². The highest BCUT2D eigenvalue weighted by Crippen LogP contribution is 2.44. The van der Waals surface area contributed by atoms with Crippen LogP contribution >= 0.6 is 0 Å². The molecule has 2 aliphatic heterocycles. The van der Waals surface area contributed by atoms with E-state index in [1.54, 1.807) is 17.0 Å². The van der Waals surface area contributed by atoms with E-state index < -0.39 is 11.7 Å². The van der Waals surface area contributed by atoms with Crippen molar-refractivity contribution < 1.29 is 19.2 Å². The number of ether oxygens (including phenoxy) is 1. The minimum absolute atomic E-state index is 0.0674. The van der Waals surface area contributed by atoms with Crippen molar-refractivity contribution in [2.45, 2.75) is 59.5 Å². The van der Waals surface area contributed by atoms with Crippen molar-refractivity contribution in [2.75, 3.05) is 11.4 Å². The summed E-state index contributed by atoms with van der Waals surface area (Å²) in [5.74, 6) is 0.641. The normalized spacial score (nSPS) is 17.6. The van der Waals surface area contributed by atoms with E-state index in [9.17, 15) is 9.59 Å². The highest BCUT2D eigenvalue weighted by molar-refractivity contribution is 6.16. The molecule has 1 amide bonds. The lowest BCUT2D eigenvalue weighted by Gasteiger charge is -2.32. The van der Waals surface area contributed by atoms with Crippen LogP contribution in [0.4, 0.5) is 16.2 Å². The molecule has 0 bridgehead atoms. The van der Waals surface area contributed by atoms with Crippen LogP contribution < -0.4 is 4.90 Å². The van der Waals surface area contributed by atoms with Crippen LogP contribution in [0.5, 0.6) is 0 Å². The van der Waals surface area contributed by atoms with Crippen LogP contribution in [-0.4, -0.2) is 45.4 Å². The highest BCUT2D eigenvalue weighted by atomic mass is 16.6. The van der Waals surface area contributed by atoms with Gasteiger partial charge in [-0.2, -0.15) is 0 Å². The summed E-state index contributed by atoms with van der Waals surface area (Å²) in [4.78, 5) is 47.5. The van der Waals surface area contributed by atoms with E-state index in [1.165, 1.54) is 12.4 Å². The second kappa shape index (κ2) is 8.96. The van der Waals surface area contributed by atoms with Gasteiger partial charge < -0.3 is 9.57 Å². The predicted molar refractivity (Wildman–Crippen MR) is 137 cm³/mol. The maximum atomic E-state index is 13.7. The number of carbonyl (C=O) groups excluding carboxylic acids is 2. The first-order chi connectivity index (χ1) is 17.1. The molecule has 1 saturated carbocycles. The number of anilines is 1. The SMILES string of the molecule is CC1=NOC(C)=C(c2cc(C(=O)c3ncccn3)c3c(c2)N(C(=O)OC(C)(C)C)CC(C2CC2)=N3)C1. The zero-order valence-corrected chi connectivity index (χ0v) is 21.2. The number of hydrogen-bond donors (Lipinski definition) is 0. The molecule has 1 aromatic carbocycles. The van der Waals surface area contributed by atoms with Crippen LogP contribution in [0.3, 0.4) is 0 Å². The van der Waals surface area contributed by atoms with E-state index in [-0.39, 0.29) is 11.6 Å². The number of aromatic nitrogens is 2. The number of oxime groups is 1. The fourth-order valence-electron chi connectivity index (χ4n) is 4.29. The molecule has 1 aliphatic carbocycles. The van der Waals surface area contributed by atoms with Gasteiger partial charge in [0.2, 0.25) is 11.6 Å². The van der Waals surface area contributed by atoms with Gasteiger partial charge in [0.05, 0.1) is 29.2 Å². The van der Waals surface area contributed by atoms with Gasteiger partial charge in [-0.05, 0) is 77.1 Å². The number of hydrogen-bond acceptors (Lipinski definition) is 8.